The van der Waals surface area contributed by atoms with Crippen LogP contribution in [-0.4, -0.2) is 13.9 Å². The van der Waals surface area contributed by atoms with Crippen LogP contribution in [0, 0.1) is 29.6 Å². The molecule has 6 aliphatic rings. The van der Waals surface area contributed by atoms with Crippen molar-refractivity contribution in [2.45, 2.75) is 17.5 Å². The Morgan fingerprint density at radius 2 is 1.37 bits per heavy atom. The number of hydrogen-bond acceptors (Lipinski definition) is 2. The maximum Gasteiger partial charge on any atom is 0.352 e. The molecule has 8 atom stereocenters. The second-order valence-corrected chi connectivity index (χ2v) is 8.94. The van der Waals surface area contributed by atoms with Gasteiger partial charge >= 0.3 is 11.4 Å². The van der Waals surface area contributed by atoms with E-state index >= 15 is 0 Å². The first-order valence-electron chi connectivity index (χ1n) is 9.85. The summed E-state index contributed by atoms with van der Waals surface area (Å²) in [4.78, 5) is 26.7. The first-order chi connectivity index (χ1) is 13.3. The number of aromatic nitrogens is 3. The van der Waals surface area contributed by atoms with Crippen LogP contribution in [0.3, 0.4) is 0 Å². The van der Waals surface area contributed by atoms with Crippen molar-refractivity contribution >= 4 is 0 Å². The van der Waals surface area contributed by atoms with Gasteiger partial charge in [-0.2, -0.15) is 0 Å². The Balaban J connectivity index is 1.43. The number of hydrogen-bond donors (Lipinski definition) is 0. The summed E-state index contributed by atoms with van der Waals surface area (Å²) in [6.07, 6.45) is 0. The average molecular weight is 355 g/mol. The van der Waals surface area contributed by atoms with E-state index in [1.54, 1.807) is 0 Å². The van der Waals surface area contributed by atoms with Crippen LogP contribution in [0.25, 0.3) is 5.69 Å². The molecule has 0 radical (unpaired) electrons. The van der Waals surface area contributed by atoms with E-state index in [4.69, 9.17) is 0 Å². The molecule has 27 heavy (non-hydrogen) atoms. The summed E-state index contributed by atoms with van der Waals surface area (Å²) < 4.78 is 5.08. The van der Waals surface area contributed by atoms with Gasteiger partial charge in [-0.25, -0.2) is 23.5 Å². The quantitative estimate of drug-likeness (QED) is 0.706. The maximum absolute atomic E-state index is 13.4. The standard InChI is InChI=1S/C22H17N3O2/c26-20-23(12-9-5-2-6-10-12)21(27)25-19-15-13-14(15)18(24(20)25)17-16(13)22(17,19)11-7-3-1-4-8-11/h1-10,13-19H/t13-,14-,15+,16+,17-,18+,19+,22+/m1/s1. The summed E-state index contributed by atoms with van der Waals surface area (Å²) in [5.41, 5.74) is 1.82. The number of nitrogens with zero attached hydrogens (tertiary/aromatic N) is 3. The molecule has 5 heteroatoms. The zero-order valence-corrected chi connectivity index (χ0v) is 14.5. The van der Waals surface area contributed by atoms with E-state index in [1.165, 1.54) is 10.1 Å². The molecule has 4 aliphatic carbocycles. The van der Waals surface area contributed by atoms with Crippen LogP contribution in [0.15, 0.2) is 70.3 Å². The summed E-state index contributed by atoms with van der Waals surface area (Å²) in [5, 5.41) is 0. The van der Waals surface area contributed by atoms with Crippen molar-refractivity contribution < 1.29 is 0 Å². The summed E-state index contributed by atoms with van der Waals surface area (Å²) >= 11 is 0. The summed E-state index contributed by atoms with van der Waals surface area (Å²) in [7, 11) is 0. The van der Waals surface area contributed by atoms with Gasteiger partial charge in [0.05, 0.1) is 17.8 Å². The fourth-order valence-electron chi connectivity index (χ4n) is 7.97. The Morgan fingerprint density at radius 1 is 0.704 bits per heavy atom. The highest BCUT2D eigenvalue weighted by Crippen LogP contribution is 2.96. The minimum Gasteiger partial charge on any atom is -0.245 e. The van der Waals surface area contributed by atoms with E-state index < -0.39 is 0 Å². The molecule has 3 heterocycles. The Morgan fingerprint density at radius 3 is 2.11 bits per heavy atom. The van der Waals surface area contributed by atoms with Gasteiger partial charge in [0.2, 0.25) is 0 Å². The van der Waals surface area contributed by atoms with E-state index in [-0.39, 0.29) is 28.9 Å². The Labute approximate surface area is 154 Å². The molecule has 3 aromatic rings. The third-order valence-corrected chi connectivity index (χ3v) is 8.45. The average Bonchev–Trinajstić information content (AvgIpc) is 3.51. The lowest BCUT2D eigenvalue weighted by Gasteiger charge is -2.43. The van der Waals surface area contributed by atoms with Crippen LogP contribution in [0.1, 0.15) is 17.6 Å². The molecule has 1 aromatic heterocycles. The molecule has 5 nitrogen and oxygen atoms in total. The van der Waals surface area contributed by atoms with Gasteiger partial charge in [0.25, 0.3) is 0 Å². The van der Waals surface area contributed by atoms with E-state index in [1.807, 2.05) is 39.7 Å². The van der Waals surface area contributed by atoms with Crippen LogP contribution >= 0.6 is 0 Å². The molecule has 0 N–H and O–H groups in total. The second-order valence-electron chi connectivity index (χ2n) is 8.94. The zero-order chi connectivity index (χ0) is 17.7. The molecule has 4 fully saturated rings. The van der Waals surface area contributed by atoms with Crippen molar-refractivity contribution in [2.24, 2.45) is 29.6 Å². The lowest BCUT2D eigenvalue weighted by Crippen LogP contribution is -2.50. The molecule has 0 spiro atoms. The minimum absolute atomic E-state index is 0.0924. The smallest absolute Gasteiger partial charge is 0.245 e. The Bertz CT molecular complexity index is 1270. The van der Waals surface area contributed by atoms with Gasteiger partial charge in [-0.05, 0) is 47.3 Å². The second kappa shape index (κ2) is 3.75. The first-order valence-corrected chi connectivity index (χ1v) is 9.85. The topological polar surface area (TPSA) is 48.9 Å². The monoisotopic (exact) mass is 355 g/mol. The SMILES string of the molecule is O=c1n(-c2ccccc2)c(=O)n2n1[C@H]1[C@@H]3[C@@H]4[C@@H]3[C@H]2[C@@]2(c3ccccc3)[C@@H]4[C@H]12. The van der Waals surface area contributed by atoms with Gasteiger partial charge in [0.15, 0.2) is 0 Å². The highest BCUT2D eigenvalue weighted by molar-refractivity contribution is 5.54. The van der Waals surface area contributed by atoms with Gasteiger partial charge < -0.3 is 0 Å². The van der Waals surface area contributed by atoms with Gasteiger partial charge in [0, 0.05) is 5.41 Å². The van der Waals surface area contributed by atoms with Crippen LogP contribution in [0.5, 0.6) is 0 Å². The van der Waals surface area contributed by atoms with E-state index in [0.29, 0.717) is 29.4 Å². The molecule has 0 amide bonds. The lowest BCUT2D eigenvalue weighted by atomic mass is 9.75. The number of rotatable bonds is 2. The largest absolute Gasteiger partial charge is 0.352 e. The fourth-order valence-corrected chi connectivity index (χ4v) is 7.97. The van der Waals surface area contributed by atoms with Crippen molar-refractivity contribution in [2.75, 3.05) is 0 Å². The Kier molecular flexibility index (Phi) is 1.85. The van der Waals surface area contributed by atoms with Crippen molar-refractivity contribution in [3.05, 3.63) is 87.2 Å². The van der Waals surface area contributed by atoms with E-state index in [2.05, 4.69) is 30.3 Å². The van der Waals surface area contributed by atoms with Crippen molar-refractivity contribution in [1.82, 2.24) is 13.9 Å². The Hall–Kier alpha value is -2.82. The van der Waals surface area contributed by atoms with Crippen LogP contribution in [0.4, 0.5) is 0 Å². The van der Waals surface area contributed by atoms with Gasteiger partial charge in [-0.1, -0.05) is 48.5 Å². The van der Waals surface area contributed by atoms with Crippen molar-refractivity contribution in [3.8, 4) is 5.69 Å². The van der Waals surface area contributed by atoms with Crippen molar-refractivity contribution in [3.63, 3.8) is 0 Å². The first kappa shape index (κ1) is 13.4. The normalized spacial score (nSPS) is 42.9. The highest BCUT2D eigenvalue weighted by atomic mass is 16.2. The molecule has 2 aliphatic heterocycles. The predicted molar refractivity (Wildman–Crippen MR) is 97.9 cm³/mol. The molecular formula is C22H17N3O2. The molecule has 0 saturated heterocycles. The third-order valence-electron chi connectivity index (χ3n) is 8.45. The zero-order valence-electron chi connectivity index (χ0n) is 14.5. The molecule has 132 valence electrons. The molecule has 2 aromatic carbocycles. The molecule has 2 bridgehead atoms. The maximum atomic E-state index is 13.4. The van der Waals surface area contributed by atoms with Gasteiger partial charge in [0.1, 0.15) is 0 Å². The van der Waals surface area contributed by atoms with E-state index in [0.717, 1.165) is 5.92 Å². The van der Waals surface area contributed by atoms with Crippen LogP contribution < -0.4 is 11.4 Å². The predicted octanol–water partition coefficient (Wildman–Crippen LogP) is 1.97. The summed E-state index contributed by atoms with van der Waals surface area (Å²) in [6.45, 7) is 0. The van der Waals surface area contributed by atoms with Crippen LogP contribution in [0.2, 0.25) is 0 Å². The molecule has 4 saturated carbocycles. The van der Waals surface area contributed by atoms with E-state index in [9.17, 15) is 9.59 Å². The summed E-state index contributed by atoms with van der Waals surface area (Å²) in [5.74, 6) is 3.14. The highest BCUT2D eigenvalue weighted by Gasteiger charge is 2.97. The fraction of sp³-hybridized carbons (Fsp3) is 0.364. The lowest BCUT2D eigenvalue weighted by molar-refractivity contribution is 0.0921. The van der Waals surface area contributed by atoms with Gasteiger partial charge in [-0.3, -0.25) is 0 Å². The number of benzene rings is 2. The molecule has 9 rings (SSSR count). The van der Waals surface area contributed by atoms with Gasteiger partial charge in [-0.15, -0.1) is 0 Å². The molecular weight excluding hydrogens is 338 g/mol. The third kappa shape index (κ3) is 1.10. The minimum atomic E-state index is -0.161. The summed E-state index contributed by atoms with van der Waals surface area (Å²) in [6, 6.07) is 20.4. The van der Waals surface area contributed by atoms with Crippen LogP contribution in [-0.2, 0) is 5.41 Å². The van der Waals surface area contributed by atoms with Crippen molar-refractivity contribution in [1.29, 1.82) is 0 Å². The molecule has 0 unspecified atom stereocenters. The number of para-hydroxylation sites is 1.